The maximum absolute atomic E-state index is 12.9. The first kappa shape index (κ1) is 15.7. The van der Waals surface area contributed by atoms with Crippen molar-refractivity contribution < 1.29 is 0 Å². The van der Waals surface area contributed by atoms with Crippen LogP contribution in [0.5, 0.6) is 0 Å². The van der Waals surface area contributed by atoms with Crippen LogP contribution in [0.2, 0.25) is 0 Å². The molecule has 0 saturated carbocycles. The minimum Gasteiger partial charge on any atom is -0.295 e. The van der Waals surface area contributed by atoms with Crippen molar-refractivity contribution in [3.8, 4) is 5.69 Å². The number of aromatic nitrogens is 3. The molecule has 0 bridgehead atoms. The Balaban J connectivity index is 1.90. The largest absolute Gasteiger partial charge is 0.295 e. The van der Waals surface area contributed by atoms with E-state index in [-0.39, 0.29) is 5.56 Å². The Morgan fingerprint density at radius 3 is 2.61 bits per heavy atom. The van der Waals surface area contributed by atoms with Crippen LogP contribution >= 0.6 is 11.3 Å². The number of nitrogens with zero attached hydrogens (tertiary/aromatic N) is 4. The SMILES string of the molecule is Cc1c(CN(C)Cc2nccs2)c(=O)n(-c2ccccc2)n1C. The Morgan fingerprint density at radius 2 is 1.96 bits per heavy atom. The number of hydrogen-bond acceptors (Lipinski definition) is 4. The number of hydrogen-bond donors (Lipinski definition) is 0. The van der Waals surface area contributed by atoms with E-state index in [1.165, 1.54) is 0 Å². The van der Waals surface area contributed by atoms with Gasteiger partial charge in [-0.15, -0.1) is 11.3 Å². The molecule has 0 saturated heterocycles. The third-order valence-electron chi connectivity index (χ3n) is 3.99. The topological polar surface area (TPSA) is 43.1 Å². The molecule has 0 aliphatic carbocycles. The van der Waals surface area contributed by atoms with Crippen molar-refractivity contribution in [1.29, 1.82) is 0 Å². The normalized spacial score (nSPS) is 11.3. The molecule has 3 rings (SSSR count). The molecule has 6 heteroatoms. The molecule has 0 unspecified atom stereocenters. The summed E-state index contributed by atoms with van der Waals surface area (Å²) in [4.78, 5) is 19.3. The zero-order chi connectivity index (χ0) is 16.4. The highest BCUT2D eigenvalue weighted by molar-refractivity contribution is 7.09. The van der Waals surface area contributed by atoms with Crippen LogP contribution < -0.4 is 5.56 Å². The minimum atomic E-state index is 0.0437. The summed E-state index contributed by atoms with van der Waals surface area (Å²) < 4.78 is 3.64. The van der Waals surface area contributed by atoms with Gasteiger partial charge in [-0.25, -0.2) is 9.67 Å². The lowest BCUT2D eigenvalue weighted by Crippen LogP contribution is -2.24. The molecule has 0 aliphatic heterocycles. The molecule has 2 aromatic heterocycles. The Hall–Kier alpha value is -2.18. The lowest BCUT2D eigenvalue weighted by Gasteiger charge is -2.13. The van der Waals surface area contributed by atoms with E-state index in [4.69, 9.17) is 0 Å². The molecule has 0 amide bonds. The lowest BCUT2D eigenvalue weighted by molar-refractivity contribution is 0.317. The van der Waals surface area contributed by atoms with Crippen LogP contribution in [0.3, 0.4) is 0 Å². The van der Waals surface area contributed by atoms with Gasteiger partial charge in [-0.05, 0) is 26.1 Å². The molecule has 1 aromatic carbocycles. The van der Waals surface area contributed by atoms with Crippen LogP contribution in [0.15, 0.2) is 46.7 Å². The molecule has 0 aliphatic rings. The molecule has 0 fully saturated rings. The van der Waals surface area contributed by atoms with Crippen molar-refractivity contribution in [2.24, 2.45) is 7.05 Å². The number of benzene rings is 1. The van der Waals surface area contributed by atoms with Crippen LogP contribution in [0.25, 0.3) is 5.69 Å². The summed E-state index contributed by atoms with van der Waals surface area (Å²) in [5, 5.41) is 3.03. The van der Waals surface area contributed by atoms with Crippen molar-refractivity contribution in [2.75, 3.05) is 7.05 Å². The van der Waals surface area contributed by atoms with Crippen molar-refractivity contribution in [2.45, 2.75) is 20.0 Å². The molecule has 0 spiro atoms. The second kappa shape index (κ2) is 6.52. The fourth-order valence-electron chi connectivity index (χ4n) is 2.69. The van der Waals surface area contributed by atoms with Crippen molar-refractivity contribution in [1.82, 2.24) is 19.2 Å². The van der Waals surface area contributed by atoms with Gasteiger partial charge in [-0.1, -0.05) is 18.2 Å². The van der Waals surface area contributed by atoms with Crippen LogP contribution in [0.4, 0.5) is 0 Å². The molecule has 2 heterocycles. The highest BCUT2D eigenvalue weighted by Gasteiger charge is 2.17. The van der Waals surface area contributed by atoms with Crippen LogP contribution in [0, 0.1) is 6.92 Å². The van der Waals surface area contributed by atoms with Gasteiger partial charge in [0, 0.05) is 30.9 Å². The van der Waals surface area contributed by atoms with E-state index in [0.717, 1.165) is 28.5 Å². The number of rotatable bonds is 5. The summed E-state index contributed by atoms with van der Waals surface area (Å²) in [6.45, 7) is 3.35. The van der Waals surface area contributed by atoms with Crippen molar-refractivity contribution in [3.63, 3.8) is 0 Å². The summed E-state index contributed by atoms with van der Waals surface area (Å²) in [5.41, 5.74) is 2.75. The van der Waals surface area contributed by atoms with Gasteiger partial charge in [-0.3, -0.25) is 14.4 Å². The first-order valence-corrected chi connectivity index (χ1v) is 8.35. The van der Waals surface area contributed by atoms with E-state index in [9.17, 15) is 4.79 Å². The average Bonchev–Trinajstić information content (AvgIpc) is 3.12. The third-order valence-corrected chi connectivity index (χ3v) is 4.75. The second-order valence-electron chi connectivity index (χ2n) is 5.64. The van der Waals surface area contributed by atoms with Crippen molar-refractivity contribution >= 4 is 11.3 Å². The second-order valence-corrected chi connectivity index (χ2v) is 6.62. The third kappa shape index (κ3) is 3.13. The molecule has 0 N–H and O–H groups in total. The van der Waals surface area contributed by atoms with E-state index in [2.05, 4.69) is 9.88 Å². The Morgan fingerprint density at radius 1 is 1.22 bits per heavy atom. The van der Waals surface area contributed by atoms with E-state index in [1.807, 2.05) is 67.6 Å². The minimum absolute atomic E-state index is 0.0437. The zero-order valence-electron chi connectivity index (χ0n) is 13.6. The first-order chi connectivity index (χ1) is 11.1. The Labute approximate surface area is 139 Å². The zero-order valence-corrected chi connectivity index (χ0v) is 14.4. The predicted octanol–water partition coefficient (Wildman–Crippen LogP) is 2.57. The standard InChI is InChI=1S/C17H20N4OS/c1-13-15(11-19(2)12-16-18-9-10-23-16)17(22)21(20(13)3)14-7-5-4-6-8-14/h4-10H,11-12H2,1-3H3. The molecule has 3 aromatic rings. The van der Waals surface area contributed by atoms with E-state index in [0.29, 0.717) is 6.54 Å². The highest BCUT2D eigenvalue weighted by atomic mass is 32.1. The molecular formula is C17H20N4OS. The molecule has 23 heavy (non-hydrogen) atoms. The van der Waals surface area contributed by atoms with Gasteiger partial charge in [0.2, 0.25) is 0 Å². The monoisotopic (exact) mass is 328 g/mol. The van der Waals surface area contributed by atoms with E-state index >= 15 is 0 Å². The van der Waals surface area contributed by atoms with Crippen molar-refractivity contribution in [3.05, 3.63) is 68.5 Å². The lowest BCUT2D eigenvalue weighted by atomic mass is 10.2. The highest BCUT2D eigenvalue weighted by Crippen LogP contribution is 2.13. The number of thiazole rings is 1. The maximum atomic E-state index is 12.9. The van der Waals surface area contributed by atoms with Crippen LogP contribution in [-0.4, -0.2) is 26.3 Å². The number of para-hydroxylation sites is 1. The molecule has 0 radical (unpaired) electrons. The summed E-state index contributed by atoms with van der Waals surface area (Å²) in [6, 6.07) is 9.73. The van der Waals surface area contributed by atoms with Gasteiger partial charge in [0.25, 0.3) is 5.56 Å². The fourth-order valence-corrected chi connectivity index (χ4v) is 3.39. The van der Waals surface area contributed by atoms with Gasteiger partial charge in [0.15, 0.2) is 0 Å². The first-order valence-electron chi connectivity index (χ1n) is 7.47. The van der Waals surface area contributed by atoms with E-state index in [1.54, 1.807) is 16.0 Å². The molecule has 120 valence electrons. The summed E-state index contributed by atoms with van der Waals surface area (Å²) in [6.07, 6.45) is 1.81. The van der Waals surface area contributed by atoms with Gasteiger partial charge in [0.1, 0.15) is 5.01 Å². The predicted molar refractivity (Wildman–Crippen MR) is 93.0 cm³/mol. The molecular weight excluding hydrogens is 308 g/mol. The summed E-state index contributed by atoms with van der Waals surface area (Å²) in [7, 11) is 3.94. The van der Waals surface area contributed by atoms with Gasteiger partial charge in [0.05, 0.1) is 17.8 Å². The smallest absolute Gasteiger partial charge is 0.276 e. The summed E-state index contributed by atoms with van der Waals surface area (Å²) >= 11 is 1.63. The summed E-state index contributed by atoms with van der Waals surface area (Å²) in [5.74, 6) is 0. The van der Waals surface area contributed by atoms with Gasteiger partial charge >= 0.3 is 0 Å². The average molecular weight is 328 g/mol. The maximum Gasteiger partial charge on any atom is 0.276 e. The quantitative estimate of drug-likeness (QED) is 0.723. The molecule has 5 nitrogen and oxygen atoms in total. The fraction of sp³-hybridized carbons (Fsp3) is 0.294. The van der Waals surface area contributed by atoms with Crippen LogP contribution in [-0.2, 0) is 20.1 Å². The van der Waals surface area contributed by atoms with Gasteiger partial charge < -0.3 is 0 Å². The van der Waals surface area contributed by atoms with Crippen LogP contribution in [0.1, 0.15) is 16.3 Å². The van der Waals surface area contributed by atoms with Gasteiger partial charge in [-0.2, -0.15) is 0 Å². The molecule has 0 atom stereocenters. The van der Waals surface area contributed by atoms with E-state index < -0.39 is 0 Å². The Kier molecular flexibility index (Phi) is 4.45. The Bertz CT molecular complexity index is 834.